The molecule has 0 heterocycles. The molecule has 1 fully saturated rings. The third-order valence-corrected chi connectivity index (χ3v) is 3.84. The summed E-state index contributed by atoms with van der Waals surface area (Å²) in [6.45, 7) is 2.55. The van der Waals surface area contributed by atoms with E-state index in [1.165, 1.54) is 24.6 Å². The fourth-order valence-electron chi connectivity index (χ4n) is 2.82. The largest absolute Gasteiger partial charge is 0.399 e. The van der Waals surface area contributed by atoms with Gasteiger partial charge in [0.05, 0.1) is 5.56 Å². The highest BCUT2D eigenvalue weighted by Gasteiger charge is 2.26. The molecule has 0 aromatic heterocycles. The number of hydrogen-bond acceptors (Lipinski definition) is 2. The molecule has 19 heavy (non-hydrogen) atoms. The molecule has 2 N–H and O–H groups in total. The molecule has 4 heteroatoms. The summed E-state index contributed by atoms with van der Waals surface area (Å²) >= 11 is 0. The fraction of sp³-hybridized carbons (Fsp3) is 0.533. The highest BCUT2D eigenvalue weighted by Crippen LogP contribution is 2.25. The average Bonchev–Trinajstić information content (AvgIpc) is 2.43. The normalized spacial score (nSPS) is 16.3. The molecule has 0 saturated heterocycles. The van der Waals surface area contributed by atoms with E-state index in [0.717, 1.165) is 25.7 Å². The van der Waals surface area contributed by atoms with Crippen LogP contribution in [0.5, 0.6) is 0 Å². The Morgan fingerprint density at radius 3 is 2.68 bits per heavy atom. The first kappa shape index (κ1) is 13.8. The molecule has 2 rings (SSSR count). The van der Waals surface area contributed by atoms with Gasteiger partial charge < -0.3 is 10.6 Å². The van der Waals surface area contributed by atoms with Crippen LogP contribution < -0.4 is 5.73 Å². The molecule has 1 aliphatic rings. The van der Waals surface area contributed by atoms with Crippen LogP contribution in [0, 0.1) is 5.82 Å². The highest BCUT2D eigenvalue weighted by molar-refractivity contribution is 5.95. The molecule has 1 aliphatic carbocycles. The lowest BCUT2D eigenvalue weighted by Gasteiger charge is -2.33. The van der Waals surface area contributed by atoms with Crippen LogP contribution in [-0.4, -0.2) is 23.4 Å². The lowest BCUT2D eigenvalue weighted by molar-refractivity contribution is 0.0643. The van der Waals surface area contributed by atoms with Gasteiger partial charge in [-0.05, 0) is 38.0 Å². The van der Waals surface area contributed by atoms with Crippen molar-refractivity contribution in [2.75, 3.05) is 12.3 Å². The van der Waals surface area contributed by atoms with Crippen molar-refractivity contribution in [2.45, 2.75) is 45.1 Å². The minimum atomic E-state index is -0.492. The van der Waals surface area contributed by atoms with Crippen molar-refractivity contribution in [1.82, 2.24) is 4.90 Å². The number of halogens is 1. The number of nitrogens with zero attached hydrogens (tertiary/aromatic N) is 1. The Balaban J connectivity index is 2.22. The molecule has 0 atom stereocenters. The maximum Gasteiger partial charge on any atom is 0.257 e. The highest BCUT2D eigenvalue weighted by atomic mass is 19.1. The third kappa shape index (κ3) is 3.06. The number of nitrogens with two attached hydrogens (primary N) is 1. The molecule has 3 nitrogen and oxygen atoms in total. The van der Waals surface area contributed by atoms with Crippen molar-refractivity contribution in [2.24, 2.45) is 0 Å². The molecule has 0 spiro atoms. The minimum absolute atomic E-state index is 0.0902. The fourth-order valence-corrected chi connectivity index (χ4v) is 2.82. The van der Waals surface area contributed by atoms with Gasteiger partial charge in [0.1, 0.15) is 5.82 Å². The van der Waals surface area contributed by atoms with Gasteiger partial charge in [0.15, 0.2) is 0 Å². The number of amides is 1. The number of hydrogen-bond donors (Lipinski definition) is 1. The van der Waals surface area contributed by atoms with Gasteiger partial charge in [0, 0.05) is 18.3 Å². The standard InChI is InChI=1S/C15H21FN2O/c1-2-18(12-6-4-3-5-7-12)15(19)13-10-11(17)8-9-14(13)16/h8-10,12H,2-7,17H2,1H3. The maximum atomic E-state index is 13.8. The topological polar surface area (TPSA) is 46.3 Å². The van der Waals surface area contributed by atoms with Gasteiger partial charge in [-0.1, -0.05) is 19.3 Å². The summed E-state index contributed by atoms with van der Waals surface area (Å²) in [4.78, 5) is 14.3. The minimum Gasteiger partial charge on any atom is -0.399 e. The van der Waals surface area contributed by atoms with Crippen molar-refractivity contribution in [3.05, 3.63) is 29.6 Å². The molecule has 0 bridgehead atoms. The molecule has 0 radical (unpaired) electrons. The van der Waals surface area contributed by atoms with Crippen LogP contribution in [0.4, 0.5) is 10.1 Å². The average molecular weight is 264 g/mol. The summed E-state index contributed by atoms with van der Waals surface area (Å²) in [5.74, 6) is -0.729. The Hall–Kier alpha value is -1.58. The SMILES string of the molecule is CCN(C(=O)c1cc(N)ccc1F)C1CCCCC1. The van der Waals surface area contributed by atoms with E-state index in [0.29, 0.717) is 12.2 Å². The zero-order chi connectivity index (χ0) is 13.8. The van der Waals surface area contributed by atoms with Crippen LogP contribution >= 0.6 is 0 Å². The van der Waals surface area contributed by atoms with Crippen LogP contribution in [0.25, 0.3) is 0 Å². The van der Waals surface area contributed by atoms with Crippen LogP contribution in [0.1, 0.15) is 49.4 Å². The van der Waals surface area contributed by atoms with Crippen molar-refractivity contribution in [3.8, 4) is 0 Å². The zero-order valence-corrected chi connectivity index (χ0v) is 11.4. The molecule has 0 aliphatic heterocycles. The Kier molecular flexibility index (Phi) is 4.40. The molecule has 1 aromatic rings. The van der Waals surface area contributed by atoms with Crippen molar-refractivity contribution in [1.29, 1.82) is 0 Å². The smallest absolute Gasteiger partial charge is 0.257 e. The lowest BCUT2D eigenvalue weighted by Crippen LogP contribution is -2.41. The number of carbonyl (C=O) groups is 1. The zero-order valence-electron chi connectivity index (χ0n) is 11.4. The van der Waals surface area contributed by atoms with E-state index in [4.69, 9.17) is 5.73 Å². The van der Waals surface area contributed by atoms with Crippen molar-refractivity contribution in [3.63, 3.8) is 0 Å². The van der Waals surface area contributed by atoms with Gasteiger partial charge >= 0.3 is 0 Å². The number of carbonyl (C=O) groups excluding carboxylic acids is 1. The van der Waals surface area contributed by atoms with Crippen LogP contribution in [0.15, 0.2) is 18.2 Å². The first-order chi connectivity index (χ1) is 9.13. The monoisotopic (exact) mass is 264 g/mol. The van der Waals surface area contributed by atoms with Gasteiger partial charge in [0.2, 0.25) is 0 Å². The second-order valence-corrected chi connectivity index (χ2v) is 5.12. The predicted octanol–water partition coefficient (Wildman–Crippen LogP) is 3.20. The summed E-state index contributed by atoms with van der Waals surface area (Å²) in [5, 5.41) is 0. The molecule has 1 saturated carbocycles. The van der Waals surface area contributed by atoms with Gasteiger partial charge in [-0.2, -0.15) is 0 Å². The van der Waals surface area contributed by atoms with Crippen LogP contribution in [-0.2, 0) is 0 Å². The first-order valence-electron chi connectivity index (χ1n) is 6.99. The number of benzene rings is 1. The summed E-state index contributed by atoms with van der Waals surface area (Å²) in [5.41, 5.74) is 6.16. The van der Waals surface area contributed by atoms with E-state index >= 15 is 0 Å². The summed E-state index contributed by atoms with van der Waals surface area (Å²) in [6, 6.07) is 4.41. The first-order valence-corrected chi connectivity index (χ1v) is 6.99. The Labute approximate surface area is 113 Å². The number of nitrogen functional groups attached to an aromatic ring is 1. The second kappa shape index (κ2) is 6.04. The van der Waals surface area contributed by atoms with Crippen molar-refractivity contribution < 1.29 is 9.18 Å². The molecular formula is C15H21FN2O. The van der Waals surface area contributed by atoms with Gasteiger partial charge in [-0.25, -0.2) is 4.39 Å². The summed E-state index contributed by atoms with van der Waals surface area (Å²) in [6.07, 6.45) is 5.56. The molecule has 104 valence electrons. The van der Waals surface area contributed by atoms with Gasteiger partial charge in [-0.3, -0.25) is 4.79 Å². The van der Waals surface area contributed by atoms with Crippen molar-refractivity contribution >= 4 is 11.6 Å². The summed E-state index contributed by atoms with van der Waals surface area (Å²) < 4.78 is 13.8. The number of anilines is 1. The molecule has 1 aromatic carbocycles. The van der Waals surface area contributed by atoms with Crippen LogP contribution in [0.2, 0.25) is 0 Å². The molecular weight excluding hydrogens is 243 g/mol. The van der Waals surface area contributed by atoms with E-state index in [2.05, 4.69) is 0 Å². The van der Waals surface area contributed by atoms with Crippen LogP contribution in [0.3, 0.4) is 0 Å². The third-order valence-electron chi connectivity index (χ3n) is 3.84. The predicted molar refractivity (Wildman–Crippen MR) is 74.4 cm³/mol. The van der Waals surface area contributed by atoms with E-state index in [9.17, 15) is 9.18 Å². The van der Waals surface area contributed by atoms with E-state index in [-0.39, 0.29) is 17.5 Å². The lowest BCUT2D eigenvalue weighted by atomic mass is 9.93. The Bertz CT molecular complexity index is 455. The quantitative estimate of drug-likeness (QED) is 0.852. The Morgan fingerprint density at radius 2 is 2.05 bits per heavy atom. The van der Waals surface area contributed by atoms with E-state index in [1.807, 2.05) is 6.92 Å². The van der Waals surface area contributed by atoms with E-state index in [1.54, 1.807) is 4.90 Å². The molecule has 1 amide bonds. The van der Waals surface area contributed by atoms with Gasteiger partial charge in [0.25, 0.3) is 5.91 Å². The maximum absolute atomic E-state index is 13.8. The Morgan fingerprint density at radius 1 is 1.37 bits per heavy atom. The second-order valence-electron chi connectivity index (χ2n) is 5.12. The number of rotatable bonds is 3. The van der Waals surface area contributed by atoms with E-state index < -0.39 is 5.82 Å². The van der Waals surface area contributed by atoms with Gasteiger partial charge in [-0.15, -0.1) is 0 Å². The molecule has 0 unspecified atom stereocenters. The summed E-state index contributed by atoms with van der Waals surface area (Å²) in [7, 11) is 0.